The molecule has 0 saturated heterocycles. The Balaban J connectivity index is 0.00000242. The number of thiophene rings is 1. The smallest absolute Gasteiger partial charge is 0.191 e. The molecule has 0 atom stereocenters. The van der Waals surface area contributed by atoms with E-state index >= 15 is 0 Å². The van der Waals surface area contributed by atoms with Crippen molar-refractivity contribution in [2.45, 2.75) is 26.8 Å². The molecule has 0 aromatic carbocycles. The van der Waals surface area contributed by atoms with Crippen molar-refractivity contribution in [1.82, 2.24) is 15.6 Å². The summed E-state index contributed by atoms with van der Waals surface area (Å²) in [6, 6.07) is 8.33. The van der Waals surface area contributed by atoms with E-state index in [4.69, 9.17) is 0 Å². The summed E-state index contributed by atoms with van der Waals surface area (Å²) in [6.45, 7) is 6.51. The fraction of sp³-hybridized carbons (Fsp3) is 0.375. The van der Waals surface area contributed by atoms with Crippen LogP contribution >= 0.6 is 35.3 Å². The van der Waals surface area contributed by atoms with Crippen molar-refractivity contribution in [3.05, 3.63) is 52.0 Å². The highest BCUT2D eigenvalue weighted by molar-refractivity contribution is 14.0. The van der Waals surface area contributed by atoms with Crippen LogP contribution in [0.4, 0.5) is 0 Å². The van der Waals surface area contributed by atoms with E-state index in [1.54, 1.807) is 11.3 Å². The van der Waals surface area contributed by atoms with Crippen LogP contribution in [0.3, 0.4) is 0 Å². The summed E-state index contributed by atoms with van der Waals surface area (Å²) >= 11 is 1.73. The average Bonchev–Trinajstić information content (AvgIpc) is 3.00. The quantitative estimate of drug-likeness (QED) is 0.420. The van der Waals surface area contributed by atoms with E-state index in [-0.39, 0.29) is 24.0 Å². The Kier molecular flexibility index (Phi) is 9.07. The SMILES string of the molecule is CCNC(=NCc1cccs1)NCCc1ccc(C)nc1.I. The number of guanidine groups is 1. The van der Waals surface area contributed by atoms with Crippen LogP contribution < -0.4 is 10.6 Å². The predicted octanol–water partition coefficient (Wildman–Crippen LogP) is 3.37. The van der Waals surface area contributed by atoms with Crippen LogP contribution in [0.1, 0.15) is 23.1 Å². The number of pyridine rings is 1. The number of hydrogen-bond acceptors (Lipinski definition) is 3. The summed E-state index contributed by atoms with van der Waals surface area (Å²) in [5.41, 5.74) is 2.29. The molecule has 2 heterocycles. The Morgan fingerprint density at radius 2 is 2.14 bits per heavy atom. The zero-order valence-electron chi connectivity index (χ0n) is 13.0. The Labute approximate surface area is 153 Å². The highest BCUT2D eigenvalue weighted by atomic mass is 127. The van der Waals surface area contributed by atoms with E-state index in [1.165, 1.54) is 10.4 Å². The zero-order chi connectivity index (χ0) is 14.9. The van der Waals surface area contributed by atoms with E-state index in [9.17, 15) is 0 Å². The minimum atomic E-state index is 0. The molecule has 2 rings (SSSR count). The number of aryl methyl sites for hydroxylation is 1. The minimum absolute atomic E-state index is 0. The van der Waals surface area contributed by atoms with Crippen LogP contribution in [0.15, 0.2) is 40.8 Å². The van der Waals surface area contributed by atoms with Gasteiger partial charge in [-0.15, -0.1) is 35.3 Å². The summed E-state index contributed by atoms with van der Waals surface area (Å²) in [4.78, 5) is 10.2. The first-order valence-corrected chi connectivity index (χ1v) is 8.12. The summed E-state index contributed by atoms with van der Waals surface area (Å²) < 4.78 is 0. The molecule has 0 spiro atoms. The molecule has 22 heavy (non-hydrogen) atoms. The van der Waals surface area contributed by atoms with Gasteiger partial charge in [-0.05, 0) is 43.3 Å². The summed E-state index contributed by atoms with van der Waals surface area (Å²) in [7, 11) is 0. The van der Waals surface area contributed by atoms with Crippen LogP contribution in [0.5, 0.6) is 0 Å². The van der Waals surface area contributed by atoms with E-state index in [0.29, 0.717) is 0 Å². The van der Waals surface area contributed by atoms with Crippen LogP contribution in [-0.2, 0) is 13.0 Å². The lowest BCUT2D eigenvalue weighted by atomic mass is 10.2. The maximum Gasteiger partial charge on any atom is 0.191 e. The van der Waals surface area contributed by atoms with Gasteiger partial charge in [0.15, 0.2) is 5.96 Å². The number of nitrogens with zero attached hydrogens (tertiary/aromatic N) is 2. The molecule has 0 bridgehead atoms. The lowest BCUT2D eigenvalue weighted by Crippen LogP contribution is -2.38. The third kappa shape index (κ3) is 6.74. The molecule has 0 aliphatic carbocycles. The fourth-order valence-corrected chi connectivity index (χ4v) is 2.50. The molecule has 0 unspecified atom stereocenters. The minimum Gasteiger partial charge on any atom is -0.357 e. The first-order chi connectivity index (χ1) is 10.3. The van der Waals surface area contributed by atoms with E-state index in [2.05, 4.69) is 51.1 Å². The molecular weight excluding hydrogens is 407 g/mol. The number of hydrogen-bond donors (Lipinski definition) is 2. The molecule has 120 valence electrons. The van der Waals surface area contributed by atoms with Crippen molar-refractivity contribution in [2.24, 2.45) is 4.99 Å². The van der Waals surface area contributed by atoms with Crippen LogP contribution in [0.2, 0.25) is 0 Å². The van der Waals surface area contributed by atoms with Crippen LogP contribution in [-0.4, -0.2) is 24.0 Å². The largest absolute Gasteiger partial charge is 0.357 e. The summed E-state index contributed by atoms with van der Waals surface area (Å²) in [5.74, 6) is 0.867. The summed E-state index contributed by atoms with van der Waals surface area (Å²) in [5, 5.41) is 8.71. The maximum atomic E-state index is 4.59. The van der Waals surface area contributed by atoms with Crippen molar-refractivity contribution in [3.63, 3.8) is 0 Å². The topological polar surface area (TPSA) is 49.3 Å². The van der Waals surface area contributed by atoms with Crippen LogP contribution in [0.25, 0.3) is 0 Å². The van der Waals surface area contributed by atoms with E-state index < -0.39 is 0 Å². The molecule has 6 heteroatoms. The molecule has 0 saturated carbocycles. The first kappa shape index (κ1) is 18.9. The molecule has 0 aliphatic rings. The normalized spacial score (nSPS) is 10.9. The van der Waals surface area contributed by atoms with Crippen LogP contribution in [0, 0.1) is 6.92 Å². The molecular formula is C16H23IN4S. The van der Waals surface area contributed by atoms with E-state index in [1.807, 2.05) is 19.2 Å². The lowest BCUT2D eigenvalue weighted by molar-refractivity contribution is 0.798. The number of halogens is 1. The van der Waals surface area contributed by atoms with Gasteiger partial charge in [-0.1, -0.05) is 12.1 Å². The predicted molar refractivity (Wildman–Crippen MR) is 105 cm³/mol. The second-order valence-corrected chi connectivity index (χ2v) is 5.79. The summed E-state index contributed by atoms with van der Waals surface area (Å²) in [6.07, 6.45) is 2.88. The third-order valence-corrected chi connectivity index (χ3v) is 3.86. The number of rotatable bonds is 6. The zero-order valence-corrected chi connectivity index (χ0v) is 16.2. The fourth-order valence-electron chi connectivity index (χ4n) is 1.87. The van der Waals surface area contributed by atoms with Gasteiger partial charge in [0, 0.05) is 29.9 Å². The molecule has 2 N–H and O–H groups in total. The van der Waals surface area contributed by atoms with Crippen molar-refractivity contribution in [1.29, 1.82) is 0 Å². The average molecular weight is 430 g/mol. The first-order valence-electron chi connectivity index (χ1n) is 7.24. The monoisotopic (exact) mass is 430 g/mol. The second kappa shape index (κ2) is 10.6. The highest BCUT2D eigenvalue weighted by Gasteiger charge is 1.99. The van der Waals surface area contributed by atoms with Gasteiger partial charge in [-0.2, -0.15) is 0 Å². The standard InChI is InChI=1S/C16H22N4S.HI/c1-3-17-16(20-12-15-5-4-10-21-15)18-9-8-14-7-6-13(2)19-11-14;/h4-7,10-11H,3,8-9,12H2,1-2H3,(H2,17,18,20);1H. The van der Waals surface area contributed by atoms with Crippen molar-refractivity contribution >= 4 is 41.3 Å². The van der Waals surface area contributed by atoms with Gasteiger partial charge >= 0.3 is 0 Å². The Bertz CT molecular complexity index is 552. The molecule has 0 amide bonds. The molecule has 4 nitrogen and oxygen atoms in total. The van der Waals surface area contributed by atoms with Crippen molar-refractivity contribution < 1.29 is 0 Å². The number of nitrogens with one attached hydrogen (secondary N) is 2. The molecule has 2 aromatic heterocycles. The molecule has 0 radical (unpaired) electrons. The van der Waals surface area contributed by atoms with Gasteiger partial charge in [0.1, 0.15) is 0 Å². The number of aliphatic imine (C=N–C) groups is 1. The van der Waals surface area contributed by atoms with Gasteiger partial charge < -0.3 is 10.6 Å². The molecule has 0 aliphatic heterocycles. The van der Waals surface area contributed by atoms with Gasteiger partial charge in [-0.25, -0.2) is 4.99 Å². The third-order valence-electron chi connectivity index (χ3n) is 3.00. The van der Waals surface area contributed by atoms with Crippen molar-refractivity contribution in [2.75, 3.05) is 13.1 Å². The highest BCUT2D eigenvalue weighted by Crippen LogP contribution is 2.09. The van der Waals surface area contributed by atoms with E-state index in [0.717, 1.165) is 37.7 Å². The maximum absolute atomic E-state index is 4.59. The van der Waals surface area contributed by atoms with Gasteiger partial charge in [0.25, 0.3) is 0 Å². The van der Waals surface area contributed by atoms with Crippen molar-refractivity contribution in [3.8, 4) is 0 Å². The Hall–Kier alpha value is -1.15. The Morgan fingerprint density at radius 1 is 1.27 bits per heavy atom. The molecule has 0 fully saturated rings. The second-order valence-electron chi connectivity index (χ2n) is 4.76. The van der Waals surface area contributed by atoms with Gasteiger partial charge in [0.05, 0.1) is 6.54 Å². The number of aromatic nitrogens is 1. The molecule has 2 aromatic rings. The Morgan fingerprint density at radius 3 is 2.77 bits per heavy atom. The van der Waals surface area contributed by atoms with Gasteiger partial charge in [0.2, 0.25) is 0 Å². The van der Waals surface area contributed by atoms with Gasteiger partial charge in [-0.3, -0.25) is 4.98 Å². The lowest BCUT2D eigenvalue weighted by Gasteiger charge is -2.11.